The summed E-state index contributed by atoms with van der Waals surface area (Å²) in [6.45, 7) is 0. The van der Waals surface area contributed by atoms with E-state index < -0.39 is 11.2 Å². The van der Waals surface area contributed by atoms with E-state index in [0.717, 1.165) is 6.07 Å². The van der Waals surface area contributed by atoms with Gasteiger partial charge in [-0.05, 0) is 6.07 Å². The van der Waals surface area contributed by atoms with E-state index in [4.69, 9.17) is 16.3 Å². The van der Waals surface area contributed by atoms with Gasteiger partial charge < -0.3 is 9.72 Å². The van der Waals surface area contributed by atoms with Gasteiger partial charge in [-0.15, -0.1) is 0 Å². The second kappa shape index (κ2) is 3.55. The molecule has 0 radical (unpaired) electrons. The SMILES string of the molecule is COc1cc(F)cc2c(=O)c(Cl)c[nH]c12. The van der Waals surface area contributed by atoms with Crippen LogP contribution < -0.4 is 10.2 Å². The van der Waals surface area contributed by atoms with Gasteiger partial charge in [0.2, 0.25) is 5.43 Å². The van der Waals surface area contributed by atoms with Crippen LogP contribution in [0.5, 0.6) is 5.75 Å². The highest BCUT2D eigenvalue weighted by Gasteiger charge is 2.09. The van der Waals surface area contributed by atoms with Crippen molar-refractivity contribution < 1.29 is 9.13 Å². The third kappa shape index (κ3) is 1.57. The van der Waals surface area contributed by atoms with E-state index in [2.05, 4.69) is 4.98 Å². The maximum absolute atomic E-state index is 13.1. The Bertz CT molecular complexity index is 579. The Morgan fingerprint density at radius 3 is 2.87 bits per heavy atom. The molecule has 1 N–H and O–H groups in total. The number of fused-ring (bicyclic) bond motifs is 1. The van der Waals surface area contributed by atoms with Gasteiger partial charge in [-0.2, -0.15) is 0 Å². The van der Waals surface area contributed by atoms with Crippen LogP contribution in [0.15, 0.2) is 23.1 Å². The molecular weight excluding hydrogens is 221 g/mol. The summed E-state index contributed by atoms with van der Waals surface area (Å²) in [7, 11) is 1.40. The van der Waals surface area contributed by atoms with Gasteiger partial charge in [0.15, 0.2) is 0 Å². The molecule has 0 aliphatic rings. The monoisotopic (exact) mass is 227 g/mol. The van der Waals surface area contributed by atoms with E-state index in [1.165, 1.54) is 19.4 Å². The molecule has 0 aliphatic heterocycles. The number of benzene rings is 1. The summed E-state index contributed by atoms with van der Waals surface area (Å²) >= 11 is 5.63. The van der Waals surface area contributed by atoms with Crippen molar-refractivity contribution in [3.05, 3.63) is 39.4 Å². The third-order valence-electron chi connectivity index (χ3n) is 2.09. The van der Waals surface area contributed by atoms with Crippen molar-refractivity contribution in [1.82, 2.24) is 4.98 Å². The molecule has 0 amide bonds. The van der Waals surface area contributed by atoms with Crippen molar-refractivity contribution in [3.8, 4) is 5.75 Å². The van der Waals surface area contributed by atoms with Crippen molar-refractivity contribution in [1.29, 1.82) is 0 Å². The summed E-state index contributed by atoms with van der Waals surface area (Å²) < 4.78 is 18.1. The number of halogens is 2. The molecule has 0 bridgehead atoms. The lowest BCUT2D eigenvalue weighted by Gasteiger charge is -2.05. The van der Waals surface area contributed by atoms with E-state index in [0.29, 0.717) is 5.52 Å². The zero-order chi connectivity index (χ0) is 11.0. The first-order valence-corrected chi connectivity index (χ1v) is 4.55. The molecule has 0 unspecified atom stereocenters. The van der Waals surface area contributed by atoms with Gasteiger partial charge in [-0.1, -0.05) is 11.6 Å². The number of hydrogen-bond donors (Lipinski definition) is 1. The number of aromatic nitrogens is 1. The number of ether oxygens (including phenoxy) is 1. The number of hydrogen-bond acceptors (Lipinski definition) is 2. The lowest BCUT2D eigenvalue weighted by atomic mass is 10.2. The minimum absolute atomic E-state index is 0.0233. The maximum atomic E-state index is 13.1. The normalized spacial score (nSPS) is 10.6. The Hall–Kier alpha value is -1.55. The van der Waals surface area contributed by atoms with Crippen LogP contribution >= 0.6 is 11.6 Å². The van der Waals surface area contributed by atoms with Crippen molar-refractivity contribution in [2.45, 2.75) is 0 Å². The van der Waals surface area contributed by atoms with Gasteiger partial charge in [0.05, 0.1) is 18.0 Å². The molecule has 1 aromatic carbocycles. The van der Waals surface area contributed by atoms with Crippen molar-refractivity contribution in [3.63, 3.8) is 0 Å². The average molecular weight is 228 g/mol. The van der Waals surface area contributed by atoms with Crippen LogP contribution in [0, 0.1) is 5.82 Å². The van der Waals surface area contributed by atoms with Crippen molar-refractivity contribution in [2.75, 3.05) is 7.11 Å². The molecule has 5 heteroatoms. The van der Waals surface area contributed by atoms with Gasteiger partial charge in [0.1, 0.15) is 16.6 Å². The molecule has 0 atom stereocenters. The van der Waals surface area contributed by atoms with E-state index in [1.807, 2.05) is 0 Å². The molecule has 0 saturated carbocycles. The summed E-state index contributed by atoms with van der Waals surface area (Å²) in [5.74, 6) is -0.258. The second-order valence-electron chi connectivity index (χ2n) is 3.00. The predicted molar refractivity (Wildman–Crippen MR) is 56.1 cm³/mol. The van der Waals surface area contributed by atoms with Crippen LogP contribution in [-0.4, -0.2) is 12.1 Å². The molecule has 3 nitrogen and oxygen atoms in total. The Morgan fingerprint density at radius 1 is 1.47 bits per heavy atom. The largest absolute Gasteiger partial charge is 0.494 e. The minimum atomic E-state index is -0.535. The van der Waals surface area contributed by atoms with Crippen LogP contribution in [0.2, 0.25) is 5.02 Å². The predicted octanol–water partition coefficient (Wildman–Crippen LogP) is 2.33. The summed E-state index contributed by atoms with van der Waals surface area (Å²) in [6.07, 6.45) is 1.35. The topological polar surface area (TPSA) is 42.1 Å². The second-order valence-corrected chi connectivity index (χ2v) is 3.40. The maximum Gasteiger partial charge on any atom is 0.208 e. The Labute approximate surface area is 89.4 Å². The molecule has 0 aliphatic carbocycles. The fourth-order valence-electron chi connectivity index (χ4n) is 1.40. The summed E-state index contributed by atoms with van der Waals surface area (Å²) in [5.41, 5.74) is 0.0246. The lowest BCUT2D eigenvalue weighted by molar-refractivity contribution is 0.415. The zero-order valence-electron chi connectivity index (χ0n) is 7.80. The first-order valence-electron chi connectivity index (χ1n) is 4.18. The first-order chi connectivity index (χ1) is 7.13. The van der Waals surface area contributed by atoms with Crippen LogP contribution in [0.3, 0.4) is 0 Å². The highest BCUT2D eigenvalue weighted by Crippen LogP contribution is 2.23. The van der Waals surface area contributed by atoms with Crippen LogP contribution in [0.1, 0.15) is 0 Å². The number of methoxy groups -OCH3 is 1. The highest BCUT2D eigenvalue weighted by atomic mass is 35.5. The van der Waals surface area contributed by atoms with Gasteiger partial charge in [0, 0.05) is 12.3 Å². The number of pyridine rings is 1. The molecule has 1 aromatic heterocycles. The summed E-state index contributed by atoms with van der Waals surface area (Å²) in [4.78, 5) is 14.4. The third-order valence-corrected chi connectivity index (χ3v) is 2.37. The molecular formula is C10H7ClFNO2. The van der Waals surface area contributed by atoms with Crippen molar-refractivity contribution in [2.24, 2.45) is 0 Å². The number of aromatic amines is 1. The molecule has 1 heterocycles. The van der Waals surface area contributed by atoms with Crippen molar-refractivity contribution >= 4 is 22.5 Å². The van der Waals surface area contributed by atoms with Crippen LogP contribution in [0.25, 0.3) is 10.9 Å². The Morgan fingerprint density at radius 2 is 2.20 bits per heavy atom. The standard InChI is InChI=1S/C10H7ClFNO2/c1-15-8-3-5(12)2-6-9(8)13-4-7(11)10(6)14/h2-4H,1H3,(H,13,14). The molecule has 2 rings (SSSR count). The summed E-state index contributed by atoms with van der Waals surface area (Å²) in [5, 5.41) is 0.203. The number of H-pyrrole nitrogens is 1. The van der Waals surface area contributed by atoms with E-state index >= 15 is 0 Å². The summed E-state index contributed by atoms with van der Waals surface area (Å²) in [6, 6.07) is 2.33. The molecule has 15 heavy (non-hydrogen) atoms. The van der Waals surface area contributed by atoms with E-state index in [1.54, 1.807) is 0 Å². The first kappa shape index (κ1) is 9.98. The fraction of sp³-hybridized carbons (Fsp3) is 0.100. The van der Waals surface area contributed by atoms with Gasteiger partial charge >= 0.3 is 0 Å². The van der Waals surface area contributed by atoms with E-state index in [-0.39, 0.29) is 16.2 Å². The zero-order valence-corrected chi connectivity index (χ0v) is 8.56. The van der Waals surface area contributed by atoms with Gasteiger partial charge in [-0.3, -0.25) is 4.79 Å². The Balaban J connectivity index is 2.96. The van der Waals surface area contributed by atoms with Gasteiger partial charge in [0.25, 0.3) is 0 Å². The highest BCUT2D eigenvalue weighted by molar-refractivity contribution is 6.31. The molecule has 2 aromatic rings. The fourth-order valence-corrected chi connectivity index (χ4v) is 1.56. The molecule has 0 saturated heterocycles. The number of nitrogens with one attached hydrogen (secondary N) is 1. The Kier molecular flexibility index (Phi) is 2.36. The van der Waals surface area contributed by atoms with Crippen LogP contribution in [-0.2, 0) is 0 Å². The molecule has 78 valence electrons. The average Bonchev–Trinajstić information content (AvgIpc) is 2.23. The molecule has 0 spiro atoms. The lowest BCUT2D eigenvalue weighted by Crippen LogP contribution is -2.04. The smallest absolute Gasteiger partial charge is 0.208 e. The van der Waals surface area contributed by atoms with Gasteiger partial charge in [-0.25, -0.2) is 4.39 Å². The van der Waals surface area contributed by atoms with Crippen LogP contribution in [0.4, 0.5) is 4.39 Å². The van der Waals surface area contributed by atoms with E-state index in [9.17, 15) is 9.18 Å². The number of rotatable bonds is 1. The quantitative estimate of drug-likeness (QED) is 0.813. The molecule has 0 fully saturated rings. The minimum Gasteiger partial charge on any atom is -0.494 e.